The number of rotatable bonds is 4. The zero-order valence-electron chi connectivity index (χ0n) is 16.3. The lowest BCUT2D eigenvalue weighted by Crippen LogP contribution is -2.49. The summed E-state index contributed by atoms with van der Waals surface area (Å²) in [6.07, 6.45) is 0. The third-order valence-corrected chi connectivity index (χ3v) is 7.80. The molecule has 3 aromatic rings. The average Bonchev–Trinajstić information content (AvgIpc) is 2.98. The van der Waals surface area contributed by atoms with Crippen LogP contribution in [0.1, 0.15) is 11.1 Å². The third-order valence-electron chi connectivity index (χ3n) is 5.26. The van der Waals surface area contributed by atoms with Crippen molar-refractivity contribution in [3.8, 4) is 0 Å². The number of benzene rings is 2. The first-order chi connectivity index (χ1) is 13.8. The highest BCUT2D eigenvalue weighted by Crippen LogP contribution is 2.23. The predicted molar refractivity (Wildman–Crippen MR) is 114 cm³/mol. The summed E-state index contributed by atoms with van der Waals surface area (Å²) in [5, 5.41) is 0. The lowest BCUT2D eigenvalue weighted by atomic mass is 10.2. The van der Waals surface area contributed by atoms with E-state index in [0.717, 1.165) is 21.1 Å². The monoisotopic (exact) mass is 479 g/mol. The fourth-order valence-electron chi connectivity index (χ4n) is 3.61. The van der Waals surface area contributed by atoms with Crippen molar-refractivity contribution in [3.05, 3.63) is 62.5 Å². The summed E-state index contributed by atoms with van der Waals surface area (Å²) < 4.78 is 35.4. The number of hydrogen-bond donors (Lipinski definition) is 0. The second-order valence-corrected chi connectivity index (χ2v) is 10.2. The Labute approximate surface area is 177 Å². The lowest BCUT2D eigenvalue weighted by molar-refractivity contribution is 0.150. The topological polar surface area (TPSA) is 75.8 Å². The molecule has 0 spiro atoms. The number of piperazine rings is 1. The molecule has 29 heavy (non-hydrogen) atoms. The van der Waals surface area contributed by atoms with Gasteiger partial charge in [0.2, 0.25) is 10.0 Å². The normalized spacial score (nSPS) is 16.5. The first kappa shape index (κ1) is 20.3. The zero-order chi connectivity index (χ0) is 20.8. The Bertz CT molecular complexity index is 1220. The van der Waals surface area contributed by atoms with Crippen LogP contribution >= 0.6 is 15.9 Å². The second-order valence-electron chi connectivity index (χ2n) is 7.34. The van der Waals surface area contributed by atoms with Crippen molar-refractivity contribution in [2.24, 2.45) is 0 Å². The van der Waals surface area contributed by atoms with Gasteiger partial charge in [0.05, 0.1) is 17.1 Å². The molecule has 1 fully saturated rings. The van der Waals surface area contributed by atoms with Crippen LogP contribution in [0.2, 0.25) is 0 Å². The van der Waals surface area contributed by atoms with Crippen molar-refractivity contribution in [2.45, 2.75) is 25.4 Å². The van der Waals surface area contributed by atoms with E-state index in [9.17, 15) is 13.2 Å². The van der Waals surface area contributed by atoms with Gasteiger partial charge in [-0.2, -0.15) is 4.31 Å². The molecule has 1 saturated heterocycles. The number of hydrogen-bond acceptors (Lipinski definition) is 5. The molecular weight excluding hydrogens is 458 g/mol. The molecule has 4 rings (SSSR count). The van der Waals surface area contributed by atoms with E-state index in [2.05, 4.69) is 20.8 Å². The standard InChI is InChI=1S/C20H22BrN3O4S/c1-14-3-4-15(2)19(11-14)29(26,27)23-9-7-22(8-10-23)13-24-17-6-5-16(21)12-18(17)28-20(24)25/h3-6,11-12H,7-10,13H2,1-2H3. The number of halogens is 1. The van der Waals surface area contributed by atoms with E-state index in [1.54, 1.807) is 16.7 Å². The van der Waals surface area contributed by atoms with E-state index >= 15 is 0 Å². The maximum atomic E-state index is 13.1. The van der Waals surface area contributed by atoms with Gasteiger partial charge in [-0.25, -0.2) is 13.2 Å². The summed E-state index contributed by atoms with van der Waals surface area (Å²) in [6, 6.07) is 11.0. The van der Waals surface area contributed by atoms with Crippen LogP contribution in [0.3, 0.4) is 0 Å². The minimum absolute atomic E-state index is 0.366. The van der Waals surface area contributed by atoms with E-state index in [4.69, 9.17) is 4.42 Å². The van der Waals surface area contributed by atoms with Gasteiger partial charge in [0, 0.05) is 30.7 Å². The summed E-state index contributed by atoms with van der Waals surface area (Å²) in [6.45, 7) is 5.92. The molecule has 0 saturated carbocycles. The molecule has 0 amide bonds. The van der Waals surface area contributed by atoms with Crippen LogP contribution in [0.15, 0.2) is 55.0 Å². The van der Waals surface area contributed by atoms with Gasteiger partial charge >= 0.3 is 5.76 Å². The number of oxazole rings is 1. The average molecular weight is 480 g/mol. The summed E-state index contributed by atoms with van der Waals surface area (Å²) in [5.41, 5.74) is 2.93. The largest absolute Gasteiger partial charge is 0.421 e. The Kier molecular flexibility index (Phi) is 5.41. The fourth-order valence-corrected chi connectivity index (χ4v) is 5.68. The number of sulfonamides is 1. The van der Waals surface area contributed by atoms with Crippen molar-refractivity contribution >= 4 is 37.1 Å². The first-order valence-corrected chi connectivity index (χ1v) is 11.6. The molecule has 0 N–H and O–H groups in total. The molecule has 1 aliphatic heterocycles. The van der Waals surface area contributed by atoms with Crippen molar-refractivity contribution in [2.75, 3.05) is 26.2 Å². The van der Waals surface area contributed by atoms with Gasteiger partial charge in [-0.3, -0.25) is 9.47 Å². The van der Waals surface area contributed by atoms with Crippen LogP contribution in [-0.2, 0) is 16.7 Å². The minimum atomic E-state index is -3.53. The molecule has 1 aliphatic rings. The Morgan fingerprint density at radius 1 is 1.03 bits per heavy atom. The van der Waals surface area contributed by atoms with Crippen LogP contribution in [-0.4, -0.2) is 48.4 Å². The maximum absolute atomic E-state index is 13.1. The van der Waals surface area contributed by atoms with E-state index in [1.165, 1.54) is 4.31 Å². The summed E-state index contributed by atoms with van der Waals surface area (Å²) in [4.78, 5) is 14.7. The molecular formula is C20H22BrN3O4S. The molecule has 0 aliphatic carbocycles. The molecule has 154 valence electrons. The van der Waals surface area contributed by atoms with Crippen LogP contribution in [0.5, 0.6) is 0 Å². The van der Waals surface area contributed by atoms with Gasteiger partial charge in [-0.1, -0.05) is 28.1 Å². The Morgan fingerprint density at radius 2 is 1.76 bits per heavy atom. The molecule has 2 aromatic carbocycles. The molecule has 7 nitrogen and oxygen atoms in total. The van der Waals surface area contributed by atoms with Crippen LogP contribution in [0, 0.1) is 13.8 Å². The molecule has 1 aromatic heterocycles. The smallest absolute Gasteiger partial charge is 0.408 e. The van der Waals surface area contributed by atoms with Crippen molar-refractivity contribution < 1.29 is 12.8 Å². The minimum Gasteiger partial charge on any atom is -0.408 e. The van der Waals surface area contributed by atoms with Gasteiger partial charge < -0.3 is 4.42 Å². The Morgan fingerprint density at radius 3 is 2.48 bits per heavy atom. The summed E-state index contributed by atoms with van der Waals surface area (Å²) in [7, 11) is -3.53. The van der Waals surface area contributed by atoms with Gasteiger partial charge in [0.25, 0.3) is 0 Å². The quantitative estimate of drug-likeness (QED) is 0.574. The number of nitrogens with zero attached hydrogens (tertiary/aromatic N) is 3. The SMILES string of the molecule is Cc1ccc(C)c(S(=O)(=O)N2CCN(Cn3c(=O)oc4cc(Br)ccc43)CC2)c1. The highest BCUT2D eigenvalue weighted by molar-refractivity contribution is 9.10. The molecule has 0 unspecified atom stereocenters. The van der Waals surface area contributed by atoms with Gasteiger partial charge in [0.15, 0.2) is 5.58 Å². The highest BCUT2D eigenvalue weighted by atomic mass is 79.9. The van der Waals surface area contributed by atoms with E-state index in [0.29, 0.717) is 43.3 Å². The predicted octanol–water partition coefficient (Wildman–Crippen LogP) is 2.94. The molecule has 0 radical (unpaired) electrons. The van der Waals surface area contributed by atoms with Crippen LogP contribution in [0.25, 0.3) is 11.1 Å². The zero-order valence-corrected chi connectivity index (χ0v) is 18.7. The van der Waals surface area contributed by atoms with E-state index < -0.39 is 15.8 Å². The molecule has 2 heterocycles. The highest BCUT2D eigenvalue weighted by Gasteiger charge is 2.30. The van der Waals surface area contributed by atoms with Gasteiger partial charge in [-0.15, -0.1) is 0 Å². The Hall–Kier alpha value is -1.94. The van der Waals surface area contributed by atoms with Crippen molar-refractivity contribution in [3.63, 3.8) is 0 Å². The maximum Gasteiger partial charge on any atom is 0.421 e. The van der Waals surface area contributed by atoms with E-state index in [1.807, 2.05) is 38.1 Å². The van der Waals surface area contributed by atoms with Gasteiger partial charge in [0.1, 0.15) is 0 Å². The molecule has 0 bridgehead atoms. The summed E-state index contributed by atoms with van der Waals surface area (Å²) >= 11 is 3.37. The van der Waals surface area contributed by atoms with Crippen molar-refractivity contribution in [1.29, 1.82) is 0 Å². The number of aryl methyl sites for hydroxylation is 2. The molecule has 9 heteroatoms. The second kappa shape index (κ2) is 7.71. The van der Waals surface area contributed by atoms with Gasteiger partial charge in [-0.05, 0) is 49.2 Å². The first-order valence-electron chi connectivity index (χ1n) is 9.34. The number of fused-ring (bicyclic) bond motifs is 1. The molecule has 0 atom stereocenters. The third kappa shape index (κ3) is 3.92. The van der Waals surface area contributed by atoms with Crippen molar-refractivity contribution in [1.82, 2.24) is 13.8 Å². The Balaban J connectivity index is 1.50. The summed E-state index contributed by atoms with van der Waals surface area (Å²) in [5.74, 6) is -0.413. The fraction of sp³-hybridized carbons (Fsp3) is 0.350. The lowest BCUT2D eigenvalue weighted by Gasteiger charge is -2.34. The van der Waals surface area contributed by atoms with Crippen LogP contribution < -0.4 is 5.76 Å². The van der Waals surface area contributed by atoms with Crippen LogP contribution in [0.4, 0.5) is 0 Å². The number of aromatic nitrogens is 1. The van der Waals surface area contributed by atoms with E-state index in [-0.39, 0.29) is 0 Å².